The van der Waals surface area contributed by atoms with Crippen LogP contribution < -0.4 is 0 Å². The molecule has 0 aliphatic rings. The van der Waals surface area contributed by atoms with E-state index in [-0.39, 0.29) is 6.61 Å². The summed E-state index contributed by atoms with van der Waals surface area (Å²) in [5, 5.41) is 8.55. The molecular weight excluding hydrogens is 230 g/mol. The zero-order valence-corrected chi connectivity index (χ0v) is 9.71. The van der Waals surface area contributed by atoms with Gasteiger partial charge in [0.25, 0.3) is 0 Å². The Morgan fingerprint density at radius 1 is 1.38 bits per heavy atom. The van der Waals surface area contributed by atoms with Crippen LogP contribution in [0.1, 0.15) is 26.0 Å². The van der Waals surface area contributed by atoms with Crippen molar-refractivity contribution in [3.63, 3.8) is 0 Å². The summed E-state index contributed by atoms with van der Waals surface area (Å²) >= 11 is 3.30. The normalized spacial score (nSPS) is 8.92. The van der Waals surface area contributed by atoms with E-state index in [0.717, 1.165) is 23.0 Å². The molecule has 0 aliphatic carbocycles. The number of aromatic nitrogens is 1. The number of halogens is 1. The molecule has 13 heavy (non-hydrogen) atoms. The molecule has 0 saturated heterocycles. The topological polar surface area (TPSA) is 33.1 Å². The molecule has 0 fully saturated rings. The van der Waals surface area contributed by atoms with Crippen molar-refractivity contribution in [2.75, 3.05) is 6.61 Å². The van der Waals surface area contributed by atoms with E-state index in [1.54, 1.807) is 6.20 Å². The van der Waals surface area contributed by atoms with Crippen LogP contribution in [0.25, 0.3) is 0 Å². The number of aliphatic hydroxyl groups excluding tert-OH is 1. The van der Waals surface area contributed by atoms with Gasteiger partial charge in [-0.25, -0.2) is 0 Å². The van der Waals surface area contributed by atoms with Crippen molar-refractivity contribution in [1.29, 1.82) is 0 Å². The number of rotatable bonds is 3. The lowest BCUT2D eigenvalue weighted by Gasteiger charge is -1.97. The van der Waals surface area contributed by atoms with Gasteiger partial charge in [0.05, 0.1) is 0 Å². The highest BCUT2D eigenvalue weighted by molar-refractivity contribution is 9.10. The maximum atomic E-state index is 8.55. The number of aryl methyl sites for hydroxylation is 1. The quantitative estimate of drug-likeness (QED) is 0.889. The summed E-state index contributed by atoms with van der Waals surface area (Å²) in [5.41, 5.74) is 1.03. The van der Waals surface area contributed by atoms with Gasteiger partial charge in [-0.2, -0.15) is 0 Å². The van der Waals surface area contributed by atoms with E-state index in [9.17, 15) is 0 Å². The summed E-state index contributed by atoms with van der Waals surface area (Å²) in [6.07, 6.45) is 3.41. The molecule has 0 atom stereocenters. The Morgan fingerprint density at radius 2 is 2.08 bits per heavy atom. The zero-order chi connectivity index (χ0) is 10.1. The molecule has 0 saturated carbocycles. The van der Waals surface area contributed by atoms with E-state index in [0.29, 0.717) is 0 Å². The maximum Gasteiger partial charge on any atom is 0.0434 e. The van der Waals surface area contributed by atoms with Gasteiger partial charge >= 0.3 is 0 Å². The van der Waals surface area contributed by atoms with Crippen molar-refractivity contribution < 1.29 is 5.11 Å². The molecule has 1 aromatic rings. The SMILES string of the molecule is CC.OCCCc1ccc(Br)cn1. The third-order valence-electron chi connectivity index (χ3n) is 1.38. The Bertz CT molecular complexity index is 211. The van der Waals surface area contributed by atoms with Crippen molar-refractivity contribution >= 4 is 15.9 Å². The molecule has 0 bridgehead atoms. The highest BCUT2D eigenvalue weighted by Gasteiger charge is 1.92. The van der Waals surface area contributed by atoms with Crippen molar-refractivity contribution in [2.24, 2.45) is 0 Å². The van der Waals surface area contributed by atoms with Crippen molar-refractivity contribution in [3.05, 3.63) is 28.5 Å². The summed E-state index contributed by atoms with van der Waals surface area (Å²) in [5.74, 6) is 0. The van der Waals surface area contributed by atoms with Crippen LogP contribution in [-0.2, 0) is 6.42 Å². The minimum atomic E-state index is 0.234. The summed E-state index contributed by atoms with van der Waals surface area (Å²) < 4.78 is 0.991. The van der Waals surface area contributed by atoms with Crippen LogP contribution in [0.3, 0.4) is 0 Å². The lowest BCUT2D eigenvalue weighted by molar-refractivity contribution is 0.288. The maximum absolute atomic E-state index is 8.55. The van der Waals surface area contributed by atoms with E-state index < -0.39 is 0 Å². The Balaban J connectivity index is 0.000000671. The average molecular weight is 246 g/mol. The predicted molar refractivity (Wildman–Crippen MR) is 58.7 cm³/mol. The first kappa shape index (κ1) is 12.6. The summed E-state index contributed by atoms with van der Waals surface area (Å²) in [7, 11) is 0. The number of nitrogens with zero attached hydrogens (tertiary/aromatic N) is 1. The molecule has 74 valence electrons. The highest BCUT2D eigenvalue weighted by atomic mass is 79.9. The van der Waals surface area contributed by atoms with Crippen LogP contribution >= 0.6 is 15.9 Å². The van der Waals surface area contributed by atoms with Crippen LogP contribution in [0.15, 0.2) is 22.8 Å². The van der Waals surface area contributed by atoms with Gasteiger partial charge in [-0.1, -0.05) is 13.8 Å². The number of hydrogen-bond donors (Lipinski definition) is 1. The summed E-state index contributed by atoms with van der Waals surface area (Å²) in [6, 6.07) is 3.92. The number of hydrogen-bond acceptors (Lipinski definition) is 2. The standard InChI is InChI=1S/C8H10BrNO.C2H6/c9-7-3-4-8(10-6-7)2-1-5-11;1-2/h3-4,6,11H,1-2,5H2;1-2H3. The van der Waals surface area contributed by atoms with Gasteiger partial charge in [-0.15, -0.1) is 0 Å². The highest BCUT2D eigenvalue weighted by Crippen LogP contribution is 2.08. The molecule has 0 aromatic carbocycles. The van der Waals surface area contributed by atoms with Crippen LogP contribution in [0.2, 0.25) is 0 Å². The number of pyridine rings is 1. The third-order valence-corrected chi connectivity index (χ3v) is 1.85. The van der Waals surface area contributed by atoms with E-state index >= 15 is 0 Å². The molecule has 0 unspecified atom stereocenters. The molecule has 2 nitrogen and oxygen atoms in total. The Kier molecular flexibility index (Phi) is 7.94. The van der Waals surface area contributed by atoms with Gasteiger partial charge in [-0.3, -0.25) is 4.98 Å². The second-order valence-corrected chi connectivity index (χ2v) is 3.21. The van der Waals surface area contributed by atoms with Crippen molar-refractivity contribution in [1.82, 2.24) is 4.98 Å². The molecule has 1 N–H and O–H groups in total. The molecule has 0 amide bonds. The fourth-order valence-electron chi connectivity index (χ4n) is 0.815. The van der Waals surface area contributed by atoms with Crippen LogP contribution in [0.5, 0.6) is 0 Å². The van der Waals surface area contributed by atoms with Crippen molar-refractivity contribution in [3.8, 4) is 0 Å². The monoisotopic (exact) mass is 245 g/mol. The van der Waals surface area contributed by atoms with E-state index in [1.807, 2.05) is 26.0 Å². The van der Waals surface area contributed by atoms with Crippen LogP contribution in [0, 0.1) is 0 Å². The first-order valence-electron chi connectivity index (χ1n) is 4.54. The van der Waals surface area contributed by atoms with Gasteiger partial charge < -0.3 is 5.11 Å². The van der Waals surface area contributed by atoms with Gasteiger partial charge in [0.2, 0.25) is 0 Å². The largest absolute Gasteiger partial charge is 0.396 e. The minimum absolute atomic E-state index is 0.234. The van der Waals surface area contributed by atoms with Gasteiger partial charge in [0.15, 0.2) is 0 Å². The van der Waals surface area contributed by atoms with Gasteiger partial charge in [0.1, 0.15) is 0 Å². The van der Waals surface area contributed by atoms with E-state index in [4.69, 9.17) is 5.11 Å². The minimum Gasteiger partial charge on any atom is -0.396 e. The number of aliphatic hydroxyl groups is 1. The van der Waals surface area contributed by atoms with Crippen LogP contribution in [-0.4, -0.2) is 16.7 Å². The summed E-state index contributed by atoms with van der Waals surface area (Å²) in [6.45, 7) is 4.23. The second kappa shape index (κ2) is 8.20. The van der Waals surface area contributed by atoms with Crippen molar-refractivity contribution in [2.45, 2.75) is 26.7 Å². The van der Waals surface area contributed by atoms with E-state index in [1.165, 1.54) is 0 Å². The lowest BCUT2D eigenvalue weighted by Crippen LogP contribution is -1.91. The first-order chi connectivity index (χ1) is 6.33. The van der Waals surface area contributed by atoms with E-state index in [2.05, 4.69) is 20.9 Å². The Labute approximate surface area is 88.1 Å². The third kappa shape index (κ3) is 5.77. The average Bonchev–Trinajstić information content (AvgIpc) is 2.20. The summed E-state index contributed by atoms with van der Waals surface area (Å²) in [4.78, 5) is 4.16. The predicted octanol–water partition coefficient (Wildman–Crippen LogP) is 2.80. The molecule has 3 heteroatoms. The smallest absolute Gasteiger partial charge is 0.0434 e. The Morgan fingerprint density at radius 3 is 2.54 bits per heavy atom. The zero-order valence-electron chi connectivity index (χ0n) is 8.13. The molecule has 0 radical (unpaired) electrons. The molecule has 1 heterocycles. The fraction of sp³-hybridized carbons (Fsp3) is 0.500. The molecular formula is C10H16BrNO. The molecule has 0 aliphatic heterocycles. The molecule has 1 rings (SSSR count). The van der Waals surface area contributed by atoms with Gasteiger partial charge in [0, 0.05) is 23.0 Å². The molecule has 1 aromatic heterocycles. The second-order valence-electron chi connectivity index (χ2n) is 2.29. The van der Waals surface area contributed by atoms with Gasteiger partial charge in [-0.05, 0) is 40.9 Å². The Hall–Kier alpha value is -0.410. The van der Waals surface area contributed by atoms with Crippen LogP contribution in [0.4, 0.5) is 0 Å². The first-order valence-corrected chi connectivity index (χ1v) is 5.33. The molecule has 0 spiro atoms. The fourth-order valence-corrected chi connectivity index (χ4v) is 1.05. The lowest BCUT2D eigenvalue weighted by atomic mass is 10.2.